The monoisotopic (exact) mass is 445 g/mol. The molecule has 0 aliphatic heterocycles. The van der Waals surface area contributed by atoms with E-state index in [-0.39, 0.29) is 11.3 Å². The van der Waals surface area contributed by atoms with Crippen LogP contribution in [0.1, 0.15) is 81.0 Å². The molecule has 166 valence electrons. The molecule has 3 aliphatic carbocycles. The van der Waals surface area contributed by atoms with Crippen LogP contribution in [0, 0.1) is 0 Å². The molecule has 2 aromatic heterocycles. The second-order valence-electron chi connectivity index (χ2n) is 8.93. The Hall–Kier alpha value is -2.68. The molecular weight excluding hydrogens is 418 g/mol. The summed E-state index contributed by atoms with van der Waals surface area (Å²) >= 11 is 1.69. The molecule has 31 heavy (non-hydrogen) atoms. The summed E-state index contributed by atoms with van der Waals surface area (Å²) in [6.07, 6.45) is 8.80. The summed E-state index contributed by atoms with van der Waals surface area (Å²) in [6.45, 7) is 4.56. The van der Waals surface area contributed by atoms with Crippen molar-refractivity contribution < 1.29 is 24.3 Å². The van der Waals surface area contributed by atoms with Crippen LogP contribution >= 0.6 is 11.3 Å². The van der Waals surface area contributed by atoms with Gasteiger partial charge in [-0.2, -0.15) is 4.98 Å². The molecule has 1 saturated carbocycles. The Balaban J connectivity index is 0.000000535. The van der Waals surface area contributed by atoms with Gasteiger partial charge >= 0.3 is 6.16 Å². The fourth-order valence-electron chi connectivity index (χ4n) is 4.38. The summed E-state index contributed by atoms with van der Waals surface area (Å²) in [4.78, 5) is 27.4. The van der Waals surface area contributed by atoms with Gasteiger partial charge in [-0.15, -0.1) is 11.3 Å². The number of rotatable bonds is 4. The highest BCUT2D eigenvalue weighted by Gasteiger charge is 2.37. The number of nitrogens with zero attached hydrogens (tertiary/aromatic N) is 2. The minimum absolute atomic E-state index is 0.0204. The van der Waals surface area contributed by atoms with Crippen molar-refractivity contribution in [2.75, 3.05) is 5.32 Å². The fourth-order valence-corrected chi connectivity index (χ4v) is 5.79. The summed E-state index contributed by atoms with van der Waals surface area (Å²) < 4.78 is 5.70. The maximum Gasteiger partial charge on any atom is 0.503 e. The fraction of sp³-hybridized carbons (Fsp3) is 0.545. The third-order valence-corrected chi connectivity index (χ3v) is 7.19. The number of thiophene rings is 1. The number of fused-ring (bicyclic) bond motifs is 1. The van der Waals surface area contributed by atoms with Crippen molar-refractivity contribution in [3.63, 3.8) is 0 Å². The minimum atomic E-state index is -1.83. The van der Waals surface area contributed by atoms with Crippen LogP contribution in [0.2, 0.25) is 0 Å². The molecule has 1 fully saturated rings. The van der Waals surface area contributed by atoms with Gasteiger partial charge in [0.25, 0.3) is 11.8 Å². The Labute approximate surface area is 184 Å². The molecule has 1 amide bonds. The summed E-state index contributed by atoms with van der Waals surface area (Å²) in [6, 6.07) is 0. The lowest BCUT2D eigenvalue weighted by Crippen LogP contribution is -2.23. The van der Waals surface area contributed by atoms with Gasteiger partial charge in [-0.25, -0.2) is 4.79 Å². The Bertz CT molecular complexity index is 1030. The average Bonchev–Trinajstić information content (AvgIpc) is 3.10. The van der Waals surface area contributed by atoms with Crippen LogP contribution in [-0.2, 0) is 16.6 Å². The van der Waals surface area contributed by atoms with Gasteiger partial charge in [-0.3, -0.25) is 4.79 Å². The molecular formula is C22H27N3O5S. The second-order valence-corrected chi connectivity index (χ2v) is 10.0. The molecule has 0 radical (unpaired) electrons. The Morgan fingerprint density at radius 3 is 2.61 bits per heavy atom. The van der Waals surface area contributed by atoms with E-state index in [1.807, 2.05) is 0 Å². The molecule has 2 heterocycles. The molecule has 0 saturated heterocycles. The van der Waals surface area contributed by atoms with Crippen molar-refractivity contribution >= 4 is 28.4 Å². The maximum absolute atomic E-state index is 12.8. The lowest BCUT2D eigenvalue weighted by atomic mass is 9.74. The summed E-state index contributed by atoms with van der Waals surface area (Å²) in [5.74, 6) is 1.85. The molecule has 0 unspecified atom stereocenters. The highest BCUT2D eigenvalue weighted by molar-refractivity contribution is 7.17. The highest BCUT2D eigenvalue weighted by Crippen LogP contribution is 2.51. The lowest BCUT2D eigenvalue weighted by Gasteiger charge is -2.30. The van der Waals surface area contributed by atoms with Crippen LogP contribution < -0.4 is 5.32 Å². The van der Waals surface area contributed by atoms with Crippen LogP contribution in [0.15, 0.2) is 16.2 Å². The molecule has 3 N–H and O–H groups in total. The number of hydrogen-bond acceptors (Lipinski definition) is 6. The maximum atomic E-state index is 12.8. The first-order valence-electron chi connectivity index (χ1n) is 10.7. The number of carbonyl (C=O) groups excluding carboxylic acids is 1. The molecule has 5 rings (SSSR count). The van der Waals surface area contributed by atoms with Crippen molar-refractivity contribution in [3.8, 4) is 11.5 Å². The third-order valence-electron chi connectivity index (χ3n) is 6.02. The molecule has 8 nitrogen and oxygen atoms in total. The standard InChI is InChI=1S/C21H25N3O2S.CH2O3/c1-21(2)11-5-8-14-16(21)15(19-22-17(24-26-19)12-9-10-12)20(27-14)23-18(25)13-6-3-4-7-13;2-1(3)4/h6,12H,3-5,7-11H2,1-2H3,(H,23,25);(H2,2,3,4). The van der Waals surface area contributed by atoms with Gasteiger partial charge in [0.15, 0.2) is 5.82 Å². The quantitative estimate of drug-likeness (QED) is 0.562. The molecule has 0 aromatic carbocycles. The zero-order valence-corrected chi connectivity index (χ0v) is 18.5. The van der Waals surface area contributed by atoms with Gasteiger partial charge in [0, 0.05) is 16.4 Å². The number of carboxylic acid groups (broad SMARTS) is 2. The van der Waals surface area contributed by atoms with Crippen molar-refractivity contribution in [1.82, 2.24) is 10.1 Å². The number of hydrogen-bond donors (Lipinski definition) is 3. The summed E-state index contributed by atoms with van der Waals surface area (Å²) in [7, 11) is 0. The van der Waals surface area contributed by atoms with Crippen LogP contribution in [-0.4, -0.2) is 32.4 Å². The van der Waals surface area contributed by atoms with Crippen molar-refractivity contribution in [1.29, 1.82) is 0 Å². The normalized spacial score (nSPS) is 19.1. The third kappa shape index (κ3) is 4.66. The zero-order chi connectivity index (χ0) is 22.2. The summed E-state index contributed by atoms with van der Waals surface area (Å²) in [5.41, 5.74) is 3.20. The lowest BCUT2D eigenvalue weighted by molar-refractivity contribution is -0.112. The SMILES string of the molecule is CC1(C)CCCc2sc(NC(=O)C3=CCCC3)c(-c3nc(C4CC4)no3)c21.O=C(O)O. The highest BCUT2D eigenvalue weighted by atomic mass is 32.1. The minimum Gasteiger partial charge on any atom is -0.450 e. The first-order valence-corrected chi connectivity index (χ1v) is 11.5. The average molecular weight is 446 g/mol. The number of allylic oxidation sites excluding steroid dienone is 1. The first kappa shape index (κ1) is 21.5. The number of carbonyl (C=O) groups is 2. The number of aromatic nitrogens is 2. The van der Waals surface area contributed by atoms with Gasteiger partial charge in [0.05, 0.1) is 5.56 Å². The predicted octanol–water partition coefficient (Wildman–Crippen LogP) is 5.56. The van der Waals surface area contributed by atoms with E-state index in [0.29, 0.717) is 11.8 Å². The molecule has 9 heteroatoms. The van der Waals surface area contributed by atoms with E-state index in [4.69, 9.17) is 24.5 Å². The number of nitrogens with one attached hydrogen (secondary N) is 1. The van der Waals surface area contributed by atoms with E-state index in [2.05, 4.69) is 30.4 Å². The molecule has 0 spiro atoms. The van der Waals surface area contributed by atoms with Gasteiger partial charge in [0.2, 0.25) is 0 Å². The van der Waals surface area contributed by atoms with Crippen LogP contribution in [0.5, 0.6) is 0 Å². The van der Waals surface area contributed by atoms with Crippen LogP contribution in [0.25, 0.3) is 11.5 Å². The van der Waals surface area contributed by atoms with Crippen molar-refractivity contribution in [2.24, 2.45) is 0 Å². The van der Waals surface area contributed by atoms with E-state index >= 15 is 0 Å². The van der Waals surface area contributed by atoms with Gasteiger partial charge < -0.3 is 20.1 Å². The van der Waals surface area contributed by atoms with Crippen LogP contribution in [0.4, 0.5) is 9.80 Å². The Morgan fingerprint density at radius 2 is 1.97 bits per heavy atom. The molecule has 2 aromatic rings. The van der Waals surface area contributed by atoms with Gasteiger partial charge in [-0.05, 0) is 62.3 Å². The molecule has 0 bridgehead atoms. The second kappa shape index (κ2) is 8.45. The van der Waals surface area contributed by atoms with Gasteiger partial charge in [0.1, 0.15) is 5.00 Å². The summed E-state index contributed by atoms with van der Waals surface area (Å²) in [5, 5.41) is 22.2. The zero-order valence-electron chi connectivity index (χ0n) is 17.7. The topological polar surface area (TPSA) is 126 Å². The molecule has 3 aliphatic rings. The van der Waals surface area contributed by atoms with E-state index in [1.165, 1.54) is 16.9 Å². The predicted molar refractivity (Wildman–Crippen MR) is 117 cm³/mol. The first-order chi connectivity index (χ1) is 14.8. The number of anilines is 1. The number of amides is 1. The Morgan fingerprint density at radius 1 is 1.23 bits per heavy atom. The van der Waals surface area contributed by atoms with Gasteiger partial charge in [-0.1, -0.05) is 25.1 Å². The van der Waals surface area contributed by atoms with E-state index in [0.717, 1.165) is 66.9 Å². The smallest absolute Gasteiger partial charge is 0.450 e. The number of aryl methyl sites for hydroxylation is 1. The van der Waals surface area contributed by atoms with E-state index < -0.39 is 6.16 Å². The Kier molecular flexibility index (Phi) is 5.88. The van der Waals surface area contributed by atoms with E-state index in [9.17, 15) is 4.79 Å². The van der Waals surface area contributed by atoms with E-state index in [1.54, 1.807) is 11.3 Å². The van der Waals surface area contributed by atoms with Crippen molar-refractivity contribution in [3.05, 3.63) is 27.9 Å². The molecule has 0 atom stereocenters. The van der Waals surface area contributed by atoms with Crippen LogP contribution in [0.3, 0.4) is 0 Å². The largest absolute Gasteiger partial charge is 0.503 e. The van der Waals surface area contributed by atoms with Crippen molar-refractivity contribution in [2.45, 2.75) is 76.5 Å².